The molecule has 0 fully saturated rings. The van der Waals surface area contributed by atoms with Crippen LogP contribution in [0.3, 0.4) is 0 Å². The van der Waals surface area contributed by atoms with Crippen molar-refractivity contribution in [1.29, 1.82) is 0 Å². The van der Waals surface area contributed by atoms with Crippen LogP contribution in [0, 0.1) is 0 Å². The molecule has 0 radical (unpaired) electrons. The first-order valence-electron chi connectivity index (χ1n) is 7.23. The zero-order chi connectivity index (χ0) is 15.9. The van der Waals surface area contributed by atoms with Crippen molar-refractivity contribution >= 4 is 41.5 Å². The van der Waals surface area contributed by atoms with Gasteiger partial charge in [-0.15, -0.1) is 24.0 Å². The summed E-state index contributed by atoms with van der Waals surface area (Å²) in [5.41, 5.74) is 2.09. The topological polar surface area (TPSA) is 62.5 Å². The molecule has 7 heteroatoms. The summed E-state index contributed by atoms with van der Waals surface area (Å²) >= 11 is 5.87. The molecule has 1 heterocycles. The third-order valence-electron chi connectivity index (χ3n) is 3.20. The molecule has 0 saturated heterocycles. The summed E-state index contributed by atoms with van der Waals surface area (Å²) < 4.78 is 5.29. The van der Waals surface area contributed by atoms with Crippen LogP contribution in [0.4, 0.5) is 0 Å². The maximum absolute atomic E-state index is 5.87. The molecule has 1 aromatic heterocycles. The molecule has 5 nitrogen and oxygen atoms in total. The Labute approximate surface area is 158 Å². The number of hydrogen-bond donors (Lipinski definition) is 2. The minimum absolute atomic E-state index is 0. The second kappa shape index (κ2) is 9.77. The minimum Gasteiger partial charge on any atom is -0.359 e. The van der Waals surface area contributed by atoms with Gasteiger partial charge in [0, 0.05) is 24.7 Å². The van der Waals surface area contributed by atoms with Gasteiger partial charge in [-0.1, -0.05) is 42.7 Å². The molecule has 23 heavy (non-hydrogen) atoms. The van der Waals surface area contributed by atoms with Gasteiger partial charge in [-0.3, -0.25) is 4.99 Å². The molecule has 126 valence electrons. The van der Waals surface area contributed by atoms with Gasteiger partial charge in [-0.25, -0.2) is 0 Å². The third kappa shape index (κ3) is 6.39. The van der Waals surface area contributed by atoms with Gasteiger partial charge in [0.05, 0.1) is 12.2 Å². The highest BCUT2D eigenvalue weighted by Gasteiger charge is 2.08. The van der Waals surface area contributed by atoms with Crippen LogP contribution < -0.4 is 10.6 Å². The Balaban J connectivity index is 0.00000264. The Hall–Kier alpha value is -1.28. The van der Waals surface area contributed by atoms with Crippen LogP contribution >= 0.6 is 35.6 Å². The SMILES string of the molecule is CN=C(NCc1ccc(Cl)cc1)NCc1cc(C(C)C)no1.I. The quantitative estimate of drug-likeness (QED) is 0.413. The summed E-state index contributed by atoms with van der Waals surface area (Å²) in [5.74, 6) is 1.86. The monoisotopic (exact) mass is 448 g/mol. The van der Waals surface area contributed by atoms with Gasteiger partial charge in [0.1, 0.15) is 0 Å². The van der Waals surface area contributed by atoms with Crippen LogP contribution in [0.5, 0.6) is 0 Å². The van der Waals surface area contributed by atoms with Crippen molar-refractivity contribution < 1.29 is 4.52 Å². The van der Waals surface area contributed by atoms with Gasteiger partial charge in [0.25, 0.3) is 0 Å². The van der Waals surface area contributed by atoms with Crippen molar-refractivity contribution in [3.63, 3.8) is 0 Å². The second-order valence-electron chi connectivity index (χ2n) is 5.28. The largest absolute Gasteiger partial charge is 0.359 e. The Bertz CT molecular complexity index is 625. The zero-order valence-corrected chi connectivity index (χ0v) is 16.6. The molecule has 0 aliphatic carbocycles. The molecule has 0 bridgehead atoms. The van der Waals surface area contributed by atoms with Crippen molar-refractivity contribution in [1.82, 2.24) is 15.8 Å². The maximum atomic E-state index is 5.87. The number of benzene rings is 1. The zero-order valence-electron chi connectivity index (χ0n) is 13.5. The van der Waals surface area contributed by atoms with E-state index in [4.69, 9.17) is 16.1 Å². The van der Waals surface area contributed by atoms with Crippen LogP contribution in [-0.2, 0) is 13.1 Å². The first kappa shape index (κ1) is 19.8. The maximum Gasteiger partial charge on any atom is 0.191 e. The molecule has 0 saturated carbocycles. The van der Waals surface area contributed by atoms with Gasteiger partial charge >= 0.3 is 0 Å². The fourth-order valence-corrected chi connectivity index (χ4v) is 1.99. The standard InChI is InChI=1S/C16H21ClN4O.HI/c1-11(2)15-8-14(22-21-15)10-20-16(18-3)19-9-12-4-6-13(17)7-5-12;/h4-8,11H,9-10H2,1-3H3,(H2,18,19,20);1H. The molecule has 0 aliphatic rings. The van der Waals surface area contributed by atoms with E-state index in [9.17, 15) is 0 Å². The summed E-state index contributed by atoms with van der Waals surface area (Å²) in [6.07, 6.45) is 0. The fourth-order valence-electron chi connectivity index (χ4n) is 1.86. The average Bonchev–Trinajstić information content (AvgIpc) is 2.98. The van der Waals surface area contributed by atoms with Crippen LogP contribution in [0.25, 0.3) is 0 Å². The number of aliphatic imine (C=N–C) groups is 1. The molecule has 2 rings (SSSR count). The Morgan fingerprint density at radius 1 is 1.22 bits per heavy atom. The number of rotatable bonds is 5. The van der Waals surface area contributed by atoms with E-state index in [1.165, 1.54) is 0 Å². The van der Waals surface area contributed by atoms with E-state index in [-0.39, 0.29) is 24.0 Å². The number of guanidine groups is 1. The lowest BCUT2D eigenvalue weighted by atomic mass is 10.1. The predicted molar refractivity (Wildman–Crippen MR) is 104 cm³/mol. The lowest BCUT2D eigenvalue weighted by Crippen LogP contribution is -2.36. The highest BCUT2D eigenvalue weighted by Crippen LogP contribution is 2.13. The second-order valence-corrected chi connectivity index (χ2v) is 5.72. The minimum atomic E-state index is 0. The lowest BCUT2D eigenvalue weighted by molar-refractivity contribution is 0.372. The van der Waals surface area contributed by atoms with E-state index in [0.29, 0.717) is 25.0 Å². The predicted octanol–water partition coefficient (Wildman–Crippen LogP) is 3.93. The molecular formula is C16H22ClIN4O. The number of aromatic nitrogens is 1. The summed E-state index contributed by atoms with van der Waals surface area (Å²) in [4.78, 5) is 4.18. The molecule has 0 atom stereocenters. The van der Waals surface area contributed by atoms with Crippen LogP contribution in [0.1, 0.15) is 36.8 Å². The van der Waals surface area contributed by atoms with E-state index in [1.54, 1.807) is 7.05 Å². The molecular weight excluding hydrogens is 427 g/mol. The molecule has 1 aromatic carbocycles. The molecule has 2 aromatic rings. The van der Waals surface area contributed by atoms with Crippen molar-refractivity contribution in [2.24, 2.45) is 4.99 Å². The highest BCUT2D eigenvalue weighted by molar-refractivity contribution is 14.0. The molecule has 0 unspecified atom stereocenters. The van der Waals surface area contributed by atoms with Gasteiger partial charge in [0.2, 0.25) is 0 Å². The van der Waals surface area contributed by atoms with E-state index in [0.717, 1.165) is 22.0 Å². The summed E-state index contributed by atoms with van der Waals surface area (Å²) in [6, 6.07) is 9.67. The molecule has 0 spiro atoms. The number of halogens is 2. The van der Waals surface area contributed by atoms with Crippen LogP contribution in [-0.4, -0.2) is 18.2 Å². The van der Waals surface area contributed by atoms with E-state index in [1.807, 2.05) is 30.3 Å². The first-order valence-corrected chi connectivity index (χ1v) is 7.60. The van der Waals surface area contributed by atoms with E-state index in [2.05, 4.69) is 34.6 Å². The number of nitrogens with zero attached hydrogens (tertiary/aromatic N) is 2. The summed E-state index contributed by atoms with van der Waals surface area (Å²) in [6.45, 7) is 5.38. The van der Waals surface area contributed by atoms with Gasteiger partial charge in [-0.05, 0) is 23.6 Å². The Kier molecular flexibility index (Phi) is 8.40. The van der Waals surface area contributed by atoms with Gasteiger partial charge in [0.15, 0.2) is 11.7 Å². The Morgan fingerprint density at radius 2 is 1.87 bits per heavy atom. The lowest BCUT2D eigenvalue weighted by Gasteiger charge is -2.10. The van der Waals surface area contributed by atoms with Crippen LogP contribution in [0.15, 0.2) is 39.8 Å². The Morgan fingerprint density at radius 3 is 2.43 bits per heavy atom. The number of nitrogens with one attached hydrogen (secondary N) is 2. The number of hydrogen-bond acceptors (Lipinski definition) is 3. The van der Waals surface area contributed by atoms with Gasteiger partial charge in [-0.2, -0.15) is 0 Å². The molecule has 0 amide bonds. The summed E-state index contributed by atoms with van der Waals surface area (Å²) in [5, 5.41) is 11.2. The van der Waals surface area contributed by atoms with Crippen molar-refractivity contribution in [2.45, 2.75) is 32.9 Å². The third-order valence-corrected chi connectivity index (χ3v) is 3.45. The first-order chi connectivity index (χ1) is 10.6. The smallest absolute Gasteiger partial charge is 0.191 e. The van der Waals surface area contributed by atoms with E-state index < -0.39 is 0 Å². The molecule has 0 aliphatic heterocycles. The molecule has 2 N–H and O–H groups in total. The average molecular weight is 449 g/mol. The van der Waals surface area contributed by atoms with Crippen molar-refractivity contribution in [3.05, 3.63) is 52.4 Å². The van der Waals surface area contributed by atoms with Crippen molar-refractivity contribution in [2.75, 3.05) is 7.05 Å². The van der Waals surface area contributed by atoms with Crippen molar-refractivity contribution in [3.8, 4) is 0 Å². The summed E-state index contributed by atoms with van der Waals surface area (Å²) in [7, 11) is 1.73. The fraction of sp³-hybridized carbons (Fsp3) is 0.375. The highest BCUT2D eigenvalue weighted by atomic mass is 127. The normalized spacial score (nSPS) is 11.3. The van der Waals surface area contributed by atoms with Crippen LogP contribution in [0.2, 0.25) is 5.02 Å². The van der Waals surface area contributed by atoms with E-state index >= 15 is 0 Å². The van der Waals surface area contributed by atoms with Gasteiger partial charge < -0.3 is 15.2 Å².